The van der Waals surface area contributed by atoms with Gasteiger partial charge in [-0.05, 0) is 41.9 Å². The first-order valence-electron chi connectivity index (χ1n) is 6.94. The molecule has 0 saturated carbocycles. The van der Waals surface area contributed by atoms with Gasteiger partial charge in [-0.1, -0.05) is 6.42 Å². The number of aromatic nitrogens is 1. The fourth-order valence-electron chi connectivity index (χ4n) is 2.94. The van der Waals surface area contributed by atoms with E-state index in [1.165, 1.54) is 25.3 Å². The van der Waals surface area contributed by atoms with Crippen molar-refractivity contribution in [1.82, 2.24) is 9.88 Å². The number of halogens is 1. The minimum absolute atomic E-state index is 0.0801. The van der Waals surface area contributed by atoms with Crippen LogP contribution in [0.15, 0.2) is 16.7 Å². The highest BCUT2D eigenvalue weighted by Gasteiger charge is 2.36. The zero-order valence-corrected chi connectivity index (χ0v) is 12.8. The summed E-state index contributed by atoms with van der Waals surface area (Å²) in [4.78, 5) is 19.5. The molecule has 0 spiro atoms. The molecule has 6 nitrogen and oxygen atoms in total. The van der Waals surface area contributed by atoms with Gasteiger partial charge in [0.2, 0.25) is 5.82 Å². The summed E-state index contributed by atoms with van der Waals surface area (Å²) < 4.78 is 0.640. The SMILES string of the molecule is O=[N+]([O-])c1cc(Br)cnc1N1CC(N2CCCCC2)C1. The number of anilines is 1. The number of rotatable bonds is 3. The molecule has 20 heavy (non-hydrogen) atoms. The van der Waals surface area contributed by atoms with Crippen LogP contribution in [0.5, 0.6) is 0 Å². The predicted octanol–water partition coefficient (Wildman–Crippen LogP) is 2.43. The molecule has 0 atom stereocenters. The summed E-state index contributed by atoms with van der Waals surface area (Å²) in [6.07, 6.45) is 5.49. The van der Waals surface area contributed by atoms with Crippen molar-refractivity contribution in [1.29, 1.82) is 0 Å². The molecule has 0 bridgehead atoms. The van der Waals surface area contributed by atoms with E-state index in [-0.39, 0.29) is 10.6 Å². The van der Waals surface area contributed by atoms with Crippen LogP contribution in [0.4, 0.5) is 11.5 Å². The number of pyridine rings is 1. The number of nitrogens with zero attached hydrogens (tertiary/aromatic N) is 4. The zero-order valence-electron chi connectivity index (χ0n) is 11.2. The summed E-state index contributed by atoms with van der Waals surface area (Å²) in [6.45, 7) is 4.01. The molecule has 2 fully saturated rings. The Morgan fingerprint density at radius 1 is 1.30 bits per heavy atom. The maximum absolute atomic E-state index is 11.1. The van der Waals surface area contributed by atoms with Crippen molar-refractivity contribution in [3.63, 3.8) is 0 Å². The van der Waals surface area contributed by atoms with Crippen molar-refractivity contribution in [3.8, 4) is 0 Å². The molecule has 0 unspecified atom stereocenters. The molecule has 0 aliphatic carbocycles. The third-order valence-electron chi connectivity index (χ3n) is 4.08. The zero-order chi connectivity index (χ0) is 14.1. The summed E-state index contributed by atoms with van der Waals surface area (Å²) in [7, 11) is 0. The van der Waals surface area contributed by atoms with Gasteiger partial charge in [0.15, 0.2) is 0 Å². The average Bonchev–Trinajstić information content (AvgIpc) is 2.39. The Kier molecular flexibility index (Phi) is 3.89. The molecule has 2 aliphatic heterocycles. The first-order chi connectivity index (χ1) is 9.65. The first-order valence-corrected chi connectivity index (χ1v) is 7.73. The quantitative estimate of drug-likeness (QED) is 0.624. The second-order valence-electron chi connectivity index (χ2n) is 5.41. The number of hydrogen-bond acceptors (Lipinski definition) is 5. The highest BCUT2D eigenvalue weighted by atomic mass is 79.9. The molecule has 1 aromatic rings. The van der Waals surface area contributed by atoms with Gasteiger partial charge < -0.3 is 4.90 Å². The lowest BCUT2D eigenvalue weighted by atomic mass is 10.0. The van der Waals surface area contributed by atoms with Gasteiger partial charge in [0.1, 0.15) is 0 Å². The van der Waals surface area contributed by atoms with Crippen molar-refractivity contribution in [3.05, 3.63) is 26.9 Å². The highest BCUT2D eigenvalue weighted by molar-refractivity contribution is 9.10. The van der Waals surface area contributed by atoms with Crippen LogP contribution in [0.2, 0.25) is 0 Å². The summed E-state index contributed by atoms with van der Waals surface area (Å²) in [5.74, 6) is 0.492. The summed E-state index contributed by atoms with van der Waals surface area (Å²) in [6, 6.07) is 2.05. The third-order valence-corrected chi connectivity index (χ3v) is 4.51. The molecule has 3 rings (SSSR count). The maximum atomic E-state index is 11.1. The number of piperidine rings is 1. The molecule has 7 heteroatoms. The lowest BCUT2D eigenvalue weighted by molar-refractivity contribution is -0.384. The van der Waals surface area contributed by atoms with Crippen LogP contribution in [0.3, 0.4) is 0 Å². The standard InChI is InChI=1S/C13H17BrN4O2/c14-10-6-12(18(19)20)13(15-7-10)17-8-11(9-17)16-4-2-1-3-5-16/h6-7,11H,1-5,8-9H2. The van der Waals surface area contributed by atoms with Crippen LogP contribution < -0.4 is 4.90 Å². The molecule has 1 aromatic heterocycles. The molecule has 0 amide bonds. The van der Waals surface area contributed by atoms with Gasteiger partial charge in [-0.3, -0.25) is 15.0 Å². The van der Waals surface area contributed by atoms with E-state index in [1.807, 2.05) is 4.90 Å². The van der Waals surface area contributed by atoms with Crippen molar-refractivity contribution in [2.75, 3.05) is 31.1 Å². The van der Waals surface area contributed by atoms with Crippen LogP contribution in [0.1, 0.15) is 19.3 Å². The molecule has 2 aliphatic rings. The van der Waals surface area contributed by atoms with Crippen molar-refractivity contribution in [2.45, 2.75) is 25.3 Å². The fourth-order valence-corrected chi connectivity index (χ4v) is 3.26. The van der Waals surface area contributed by atoms with Crippen LogP contribution >= 0.6 is 15.9 Å². The smallest absolute Gasteiger partial charge is 0.312 e. The Balaban J connectivity index is 1.68. The third kappa shape index (κ3) is 2.64. The fraction of sp³-hybridized carbons (Fsp3) is 0.615. The normalized spacial score (nSPS) is 20.8. The second-order valence-corrected chi connectivity index (χ2v) is 6.32. The number of nitro groups is 1. The summed E-state index contributed by atoms with van der Waals surface area (Å²) in [5, 5.41) is 11.1. The molecule has 0 radical (unpaired) electrons. The van der Waals surface area contributed by atoms with Gasteiger partial charge in [0.05, 0.1) is 4.92 Å². The summed E-state index contributed by atoms with van der Waals surface area (Å²) in [5.41, 5.74) is 0.0801. The van der Waals surface area contributed by atoms with Crippen molar-refractivity contribution in [2.24, 2.45) is 0 Å². The highest BCUT2D eigenvalue weighted by Crippen LogP contribution is 2.32. The van der Waals surface area contributed by atoms with Crippen LogP contribution in [-0.4, -0.2) is 47.0 Å². The van der Waals surface area contributed by atoms with E-state index in [4.69, 9.17) is 0 Å². The molecule has 3 heterocycles. The van der Waals surface area contributed by atoms with Gasteiger partial charge in [-0.25, -0.2) is 4.98 Å². The Labute approximate surface area is 126 Å². The van der Waals surface area contributed by atoms with Gasteiger partial charge >= 0.3 is 5.69 Å². The van der Waals surface area contributed by atoms with E-state index in [0.717, 1.165) is 26.2 Å². The second kappa shape index (κ2) is 5.65. The van der Waals surface area contributed by atoms with E-state index in [0.29, 0.717) is 16.3 Å². The topological polar surface area (TPSA) is 62.5 Å². The van der Waals surface area contributed by atoms with Crippen molar-refractivity contribution >= 4 is 27.4 Å². The van der Waals surface area contributed by atoms with Crippen LogP contribution in [0, 0.1) is 10.1 Å². The van der Waals surface area contributed by atoms with E-state index in [2.05, 4.69) is 25.8 Å². The predicted molar refractivity (Wildman–Crippen MR) is 80.0 cm³/mol. The van der Waals surface area contributed by atoms with Gasteiger partial charge in [0.25, 0.3) is 0 Å². The molecule has 0 aromatic carbocycles. The monoisotopic (exact) mass is 340 g/mol. The number of hydrogen-bond donors (Lipinski definition) is 0. The van der Waals surface area contributed by atoms with E-state index < -0.39 is 0 Å². The Morgan fingerprint density at radius 2 is 2.00 bits per heavy atom. The number of likely N-dealkylation sites (tertiary alicyclic amines) is 1. The Morgan fingerprint density at radius 3 is 2.65 bits per heavy atom. The lowest BCUT2D eigenvalue weighted by Gasteiger charge is -2.46. The minimum Gasteiger partial charge on any atom is -0.348 e. The molecule has 0 N–H and O–H groups in total. The molecular weight excluding hydrogens is 324 g/mol. The van der Waals surface area contributed by atoms with Gasteiger partial charge in [0, 0.05) is 35.9 Å². The maximum Gasteiger partial charge on any atom is 0.312 e. The largest absolute Gasteiger partial charge is 0.348 e. The first kappa shape index (κ1) is 13.8. The molecule has 108 valence electrons. The lowest BCUT2D eigenvalue weighted by Crippen LogP contribution is -2.60. The Bertz CT molecular complexity index is 513. The van der Waals surface area contributed by atoms with E-state index >= 15 is 0 Å². The van der Waals surface area contributed by atoms with E-state index in [9.17, 15) is 10.1 Å². The van der Waals surface area contributed by atoms with Crippen molar-refractivity contribution < 1.29 is 4.92 Å². The van der Waals surface area contributed by atoms with Crippen LogP contribution in [0.25, 0.3) is 0 Å². The minimum atomic E-state index is -0.360. The van der Waals surface area contributed by atoms with Gasteiger partial charge in [-0.15, -0.1) is 0 Å². The Hall–Kier alpha value is -1.21. The van der Waals surface area contributed by atoms with E-state index in [1.54, 1.807) is 6.20 Å². The van der Waals surface area contributed by atoms with Crippen LogP contribution in [-0.2, 0) is 0 Å². The molecule has 2 saturated heterocycles. The summed E-state index contributed by atoms with van der Waals surface area (Å²) >= 11 is 3.23. The van der Waals surface area contributed by atoms with Gasteiger partial charge in [-0.2, -0.15) is 0 Å². The molecular formula is C13H17BrN4O2. The average molecular weight is 341 g/mol.